The molecule has 2 aromatic carbocycles. The van der Waals surface area contributed by atoms with Crippen molar-refractivity contribution in [3.8, 4) is 11.8 Å². The predicted octanol–water partition coefficient (Wildman–Crippen LogP) is 4.05. The van der Waals surface area contributed by atoms with E-state index in [1.165, 1.54) is 0 Å². The van der Waals surface area contributed by atoms with Crippen LogP contribution in [0.2, 0.25) is 0 Å². The fourth-order valence-corrected chi connectivity index (χ4v) is 4.24. The van der Waals surface area contributed by atoms with E-state index in [1.54, 1.807) is 16.3 Å². The van der Waals surface area contributed by atoms with Gasteiger partial charge in [0.15, 0.2) is 5.16 Å². The van der Waals surface area contributed by atoms with E-state index in [0.29, 0.717) is 17.6 Å². The molecule has 2 aromatic heterocycles. The summed E-state index contributed by atoms with van der Waals surface area (Å²) >= 11 is 1.55. The Morgan fingerprint density at radius 1 is 1.14 bits per heavy atom. The molecule has 4 rings (SSSR count). The van der Waals surface area contributed by atoms with Crippen LogP contribution in [-0.2, 0) is 0 Å². The Kier molecular flexibility index (Phi) is 4.88. The van der Waals surface area contributed by atoms with Gasteiger partial charge in [-0.05, 0) is 44.0 Å². The molecule has 4 aromatic rings. The summed E-state index contributed by atoms with van der Waals surface area (Å²) in [6.07, 6.45) is 1.29. The molecule has 0 amide bonds. The third-order valence-electron chi connectivity index (χ3n) is 4.65. The number of aryl methyl sites for hydroxylation is 2. The van der Waals surface area contributed by atoms with Gasteiger partial charge in [0.05, 0.1) is 22.7 Å². The lowest BCUT2D eigenvalue weighted by Crippen LogP contribution is -2.22. The van der Waals surface area contributed by atoms with Crippen molar-refractivity contribution in [2.24, 2.45) is 0 Å². The van der Waals surface area contributed by atoms with Gasteiger partial charge in [0.1, 0.15) is 0 Å². The maximum atomic E-state index is 13.3. The van der Waals surface area contributed by atoms with Gasteiger partial charge < -0.3 is 0 Å². The first-order valence-corrected chi connectivity index (χ1v) is 10.1. The topological polar surface area (TPSA) is 76.0 Å². The van der Waals surface area contributed by atoms with E-state index in [4.69, 9.17) is 5.26 Å². The summed E-state index contributed by atoms with van der Waals surface area (Å²) in [5.74, 6) is 1.27. The number of rotatable bonds is 5. The first kappa shape index (κ1) is 18.3. The number of thioether (sulfide) groups is 1. The maximum Gasteiger partial charge on any atom is 0.267 e. The van der Waals surface area contributed by atoms with Crippen LogP contribution >= 0.6 is 11.8 Å². The lowest BCUT2D eigenvalue weighted by atomic mass is 10.1. The van der Waals surface area contributed by atoms with Crippen LogP contribution in [0.4, 0.5) is 0 Å². The standard InChI is InChI=1S/C21H19N5OS/c1-14-9-10-17(15(2)13-14)25-19(27)16-7-3-4-8-18(16)26-20(25)23-24-21(26)28-12-6-5-11-22/h3-4,7-10,13H,5-6,12H2,1-2H3. The summed E-state index contributed by atoms with van der Waals surface area (Å²) < 4.78 is 3.58. The number of aromatic nitrogens is 4. The average molecular weight is 389 g/mol. The molecule has 0 radical (unpaired) electrons. The highest BCUT2D eigenvalue weighted by Gasteiger charge is 2.18. The number of hydrogen-bond acceptors (Lipinski definition) is 5. The fourth-order valence-electron chi connectivity index (χ4n) is 3.36. The molecule has 0 bridgehead atoms. The predicted molar refractivity (Wildman–Crippen MR) is 111 cm³/mol. The van der Waals surface area contributed by atoms with E-state index < -0.39 is 0 Å². The largest absolute Gasteiger partial charge is 0.268 e. The molecule has 0 saturated heterocycles. The van der Waals surface area contributed by atoms with Crippen LogP contribution in [0.25, 0.3) is 22.4 Å². The number of unbranched alkanes of at least 4 members (excludes halogenated alkanes) is 1. The summed E-state index contributed by atoms with van der Waals surface area (Å²) in [7, 11) is 0. The quantitative estimate of drug-likeness (QED) is 0.380. The number of nitriles is 1. The Balaban J connectivity index is 2.00. The van der Waals surface area contributed by atoms with Crippen molar-refractivity contribution in [1.82, 2.24) is 19.2 Å². The summed E-state index contributed by atoms with van der Waals surface area (Å²) in [5.41, 5.74) is 3.63. The molecule has 0 aliphatic rings. The van der Waals surface area contributed by atoms with Gasteiger partial charge in [-0.25, -0.2) is 4.57 Å². The van der Waals surface area contributed by atoms with Crippen LogP contribution < -0.4 is 5.56 Å². The lowest BCUT2D eigenvalue weighted by molar-refractivity contribution is 0.918. The van der Waals surface area contributed by atoms with Gasteiger partial charge in [-0.15, -0.1) is 10.2 Å². The van der Waals surface area contributed by atoms with Gasteiger partial charge in [0.2, 0.25) is 5.78 Å². The monoisotopic (exact) mass is 389 g/mol. The Morgan fingerprint density at radius 3 is 2.75 bits per heavy atom. The van der Waals surface area contributed by atoms with E-state index >= 15 is 0 Å². The Hall–Kier alpha value is -3.11. The van der Waals surface area contributed by atoms with Crippen molar-refractivity contribution >= 4 is 28.4 Å². The highest BCUT2D eigenvalue weighted by atomic mass is 32.2. The van der Waals surface area contributed by atoms with Crippen molar-refractivity contribution in [3.63, 3.8) is 0 Å². The van der Waals surface area contributed by atoms with Crippen molar-refractivity contribution < 1.29 is 0 Å². The second-order valence-corrected chi connectivity index (χ2v) is 7.74. The van der Waals surface area contributed by atoms with Crippen molar-refractivity contribution in [3.05, 3.63) is 63.9 Å². The molecule has 0 aliphatic heterocycles. The minimum Gasteiger partial charge on any atom is -0.268 e. The van der Waals surface area contributed by atoms with Crippen LogP contribution in [0, 0.1) is 25.2 Å². The van der Waals surface area contributed by atoms with E-state index in [1.807, 2.05) is 54.6 Å². The molecule has 0 aliphatic carbocycles. The number of fused-ring (bicyclic) bond motifs is 3. The molecule has 0 unspecified atom stereocenters. The molecule has 0 fully saturated rings. The minimum absolute atomic E-state index is 0.108. The van der Waals surface area contributed by atoms with Gasteiger partial charge in [0, 0.05) is 12.2 Å². The zero-order valence-electron chi connectivity index (χ0n) is 15.7. The fraction of sp³-hybridized carbons (Fsp3) is 0.238. The number of hydrogen-bond donors (Lipinski definition) is 0. The first-order chi connectivity index (χ1) is 13.6. The van der Waals surface area contributed by atoms with Gasteiger partial charge in [0.25, 0.3) is 5.56 Å². The number of para-hydroxylation sites is 1. The molecule has 0 N–H and O–H groups in total. The smallest absolute Gasteiger partial charge is 0.267 e. The van der Waals surface area contributed by atoms with Crippen LogP contribution in [0.1, 0.15) is 24.0 Å². The Bertz CT molecular complexity index is 1280. The molecule has 7 heteroatoms. The highest BCUT2D eigenvalue weighted by Crippen LogP contribution is 2.25. The molecular formula is C21H19N5OS. The number of benzene rings is 2. The van der Waals surface area contributed by atoms with Gasteiger partial charge in [-0.1, -0.05) is 41.6 Å². The highest BCUT2D eigenvalue weighted by molar-refractivity contribution is 7.99. The Morgan fingerprint density at radius 2 is 1.96 bits per heavy atom. The normalized spacial score (nSPS) is 11.2. The molecule has 0 spiro atoms. The SMILES string of the molecule is Cc1ccc(-n2c(=O)c3ccccc3n3c(SCCCC#N)nnc23)c(C)c1. The van der Waals surface area contributed by atoms with E-state index in [-0.39, 0.29) is 5.56 Å². The van der Waals surface area contributed by atoms with Crippen molar-refractivity contribution in [2.75, 3.05) is 5.75 Å². The molecule has 0 saturated carbocycles. The molecule has 28 heavy (non-hydrogen) atoms. The summed E-state index contributed by atoms with van der Waals surface area (Å²) in [6.45, 7) is 4.02. The molecule has 140 valence electrons. The second-order valence-electron chi connectivity index (χ2n) is 6.68. The maximum absolute atomic E-state index is 13.3. The average Bonchev–Trinajstić information content (AvgIpc) is 3.11. The van der Waals surface area contributed by atoms with Crippen LogP contribution in [-0.4, -0.2) is 24.9 Å². The zero-order valence-corrected chi connectivity index (χ0v) is 16.5. The summed E-state index contributed by atoms with van der Waals surface area (Å²) in [6, 6.07) is 15.7. The van der Waals surface area contributed by atoms with Gasteiger partial charge in [-0.3, -0.25) is 9.20 Å². The molecule has 2 heterocycles. The lowest BCUT2D eigenvalue weighted by Gasteiger charge is -2.13. The van der Waals surface area contributed by atoms with Crippen molar-refractivity contribution in [2.45, 2.75) is 31.8 Å². The summed E-state index contributed by atoms with van der Waals surface area (Å²) in [4.78, 5) is 13.3. The molecule has 6 nitrogen and oxygen atoms in total. The van der Waals surface area contributed by atoms with E-state index in [2.05, 4.69) is 22.3 Å². The zero-order chi connectivity index (χ0) is 19.7. The Labute approximate surface area is 166 Å². The van der Waals surface area contributed by atoms with Gasteiger partial charge >= 0.3 is 0 Å². The van der Waals surface area contributed by atoms with Crippen LogP contribution in [0.3, 0.4) is 0 Å². The van der Waals surface area contributed by atoms with Crippen LogP contribution in [0.15, 0.2) is 52.4 Å². The second kappa shape index (κ2) is 7.49. The minimum atomic E-state index is -0.108. The third kappa shape index (κ3) is 3.06. The van der Waals surface area contributed by atoms with E-state index in [0.717, 1.165) is 39.7 Å². The first-order valence-electron chi connectivity index (χ1n) is 9.08. The summed E-state index contributed by atoms with van der Waals surface area (Å²) in [5, 5.41) is 18.8. The molecular weight excluding hydrogens is 370 g/mol. The number of nitrogens with zero attached hydrogens (tertiary/aromatic N) is 5. The van der Waals surface area contributed by atoms with Crippen LogP contribution in [0.5, 0.6) is 0 Å². The van der Waals surface area contributed by atoms with E-state index in [9.17, 15) is 4.79 Å². The third-order valence-corrected chi connectivity index (χ3v) is 5.67. The van der Waals surface area contributed by atoms with Crippen molar-refractivity contribution in [1.29, 1.82) is 5.26 Å². The molecule has 0 atom stereocenters. The van der Waals surface area contributed by atoms with Gasteiger partial charge in [-0.2, -0.15) is 5.26 Å².